The van der Waals surface area contributed by atoms with E-state index in [0.717, 1.165) is 69.3 Å². The van der Waals surface area contributed by atoms with Crippen molar-refractivity contribution in [2.24, 2.45) is 11.8 Å². The normalized spacial score (nSPS) is 25.3. The monoisotopic (exact) mass is 472 g/mol. The number of benzene rings is 2. The van der Waals surface area contributed by atoms with E-state index >= 15 is 8.78 Å². The van der Waals surface area contributed by atoms with E-state index in [2.05, 4.69) is 6.92 Å². The van der Waals surface area contributed by atoms with E-state index in [9.17, 15) is 4.39 Å². The lowest BCUT2D eigenvalue weighted by atomic mass is 9.75. The molecule has 2 aliphatic carbocycles. The van der Waals surface area contributed by atoms with Crippen LogP contribution in [0.3, 0.4) is 0 Å². The van der Waals surface area contributed by atoms with Crippen molar-refractivity contribution < 1.29 is 17.9 Å². The second-order valence-electron chi connectivity index (χ2n) is 10.5. The first-order chi connectivity index (χ1) is 16.5. The number of ether oxygens (including phenoxy) is 1. The number of halogens is 3. The van der Waals surface area contributed by atoms with Gasteiger partial charge in [-0.25, -0.2) is 13.2 Å². The van der Waals surface area contributed by atoms with E-state index in [-0.39, 0.29) is 17.7 Å². The fourth-order valence-corrected chi connectivity index (χ4v) is 6.11. The molecule has 2 fully saturated rings. The third kappa shape index (κ3) is 5.80. The first-order valence-corrected chi connectivity index (χ1v) is 13.4. The van der Waals surface area contributed by atoms with Gasteiger partial charge in [-0.2, -0.15) is 0 Å². The Morgan fingerprint density at radius 2 is 1.29 bits per heavy atom. The minimum absolute atomic E-state index is 0.0423. The molecule has 2 saturated carbocycles. The van der Waals surface area contributed by atoms with Crippen LogP contribution in [0.4, 0.5) is 13.2 Å². The van der Waals surface area contributed by atoms with Gasteiger partial charge >= 0.3 is 0 Å². The lowest BCUT2D eigenvalue weighted by Crippen LogP contribution is -2.21. The molecule has 0 spiro atoms. The van der Waals surface area contributed by atoms with Crippen LogP contribution in [-0.4, -0.2) is 6.61 Å². The number of hydrogen-bond acceptors (Lipinski definition) is 1. The van der Waals surface area contributed by atoms with Gasteiger partial charge in [0.1, 0.15) is 0 Å². The van der Waals surface area contributed by atoms with E-state index in [1.807, 2.05) is 25.1 Å². The maximum atomic E-state index is 15.1. The topological polar surface area (TPSA) is 9.23 Å². The van der Waals surface area contributed by atoms with Crippen molar-refractivity contribution in [3.05, 3.63) is 64.5 Å². The molecule has 1 nitrogen and oxygen atoms in total. The number of aryl methyl sites for hydroxylation is 1. The summed E-state index contributed by atoms with van der Waals surface area (Å²) in [4.78, 5) is 0. The maximum absolute atomic E-state index is 15.1. The van der Waals surface area contributed by atoms with Crippen LogP contribution in [0.5, 0.6) is 5.75 Å². The van der Waals surface area contributed by atoms with Crippen molar-refractivity contribution in [2.75, 3.05) is 6.61 Å². The molecule has 0 saturated heterocycles. The van der Waals surface area contributed by atoms with Crippen molar-refractivity contribution in [3.8, 4) is 5.75 Å². The summed E-state index contributed by atoms with van der Waals surface area (Å²) >= 11 is 0. The lowest BCUT2D eigenvalue weighted by molar-refractivity contribution is 0.193. The van der Waals surface area contributed by atoms with Crippen LogP contribution in [0.1, 0.15) is 107 Å². The quantitative estimate of drug-likeness (QED) is 0.372. The largest absolute Gasteiger partial charge is 0.490 e. The minimum Gasteiger partial charge on any atom is -0.490 e. The molecule has 0 unspecified atom stereocenters. The third-order valence-electron chi connectivity index (χ3n) is 8.29. The predicted molar refractivity (Wildman–Crippen MR) is 132 cm³/mol. The Labute approximate surface area is 203 Å². The Bertz CT molecular complexity index is 940. The van der Waals surface area contributed by atoms with Crippen molar-refractivity contribution in [3.63, 3.8) is 0 Å². The van der Waals surface area contributed by atoms with Gasteiger partial charge in [-0.1, -0.05) is 44.9 Å². The minimum atomic E-state index is -0.633. The van der Waals surface area contributed by atoms with E-state index in [1.165, 1.54) is 18.9 Å². The smallest absolute Gasteiger partial charge is 0.165 e. The molecule has 4 heteroatoms. The summed E-state index contributed by atoms with van der Waals surface area (Å²) in [5.74, 6) is -0.0149. The maximum Gasteiger partial charge on any atom is 0.165 e. The zero-order chi connectivity index (χ0) is 24.1. The summed E-state index contributed by atoms with van der Waals surface area (Å²) < 4.78 is 50.2. The van der Waals surface area contributed by atoms with Gasteiger partial charge in [-0.05, 0) is 110 Å². The van der Waals surface area contributed by atoms with Gasteiger partial charge in [0.15, 0.2) is 23.2 Å². The van der Waals surface area contributed by atoms with Crippen LogP contribution < -0.4 is 4.74 Å². The van der Waals surface area contributed by atoms with E-state index < -0.39 is 11.6 Å². The lowest BCUT2D eigenvalue weighted by Gasteiger charge is -2.31. The second-order valence-corrected chi connectivity index (χ2v) is 10.5. The molecule has 2 aromatic rings. The number of hydrogen-bond donors (Lipinski definition) is 0. The Balaban J connectivity index is 1.31. The molecule has 186 valence electrons. The summed E-state index contributed by atoms with van der Waals surface area (Å²) in [7, 11) is 0. The molecule has 2 aliphatic rings. The Morgan fingerprint density at radius 1 is 0.735 bits per heavy atom. The van der Waals surface area contributed by atoms with Gasteiger partial charge in [0.25, 0.3) is 0 Å². The van der Waals surface area contributed by atoms with Gasteiger partial charge in [0, 0.05) is 0 Å². The fraction of sp³-hybridized carbons (Fsp3) is 0.600. The Hall–Kier alpha value is -1.97. The molecule has 0 atom stereocenters. The molecule has 0 N–H and O–H groups in total. The third-order valence-corrected chi connectivity index (χ3v) is 8.29. The highest BCUT2D eigenvalue weighted by Gasteiger charge is 2.29. The van der Waals surface area contributed by atoms with Gasteiger partial charge < -0.3 is 4.74 Å². The van der Waals surface area contributed by atoms with E-state index in [0.29, 0.717) is 29.4 Å². The molecule has 2 aromatic carbocycles. The average molecular weight is 473 g/mol. The van der Waals surface area contributed by atoms with Crippen molar-refractivity contribution in [1.82, 2.24) is 0 Å². The number of rotatable bonds is 8. The standard InChI is InChI=1S/C30H39F3O/c1-3-5-21-6-11-23(12-7-21)25-15-16-26(30(33)29(25)32)24-13-8-22(9-14-24)19-34-28-17-10-20(4-2)18-27(28)31/h10,15-18,21-24H,3-9,11-14,19H2,1-2H3. The van der Waals surface area contributed by atoms with Crippen LogP contribution >= 0.6 is 0 Å². The summed E-state index contributed by atoms with van der Waals surface area (Å²) in [6.07, 6.45) is 10.8. The van der Waals surface area contributed by atoms with Gasteiger partial charge in [-0.15, -0.1) is 0 Å². The average Bonchev–Trinajstić information content (AvgIpc) is 2.86. The SMILES string of the molecule is CCCC1CCC(c2ccc(C3CCC(COc4ccc(CC)cc4F)CC3)c(F)c2F)CC1. The molecule has 4 rings (SSSR count). The molecule has 0 aliphatic heterocycles. The fourth-order valence-electron chi connectivity index (χ4n) is 6.11. The van der Waals surface area contributed by atoms with Gasteiger partial charge in [0.05, 0.1) is 6.61 Å². The second kappa shape index (κ2) is 11.6. The Kier molecular flexibility index (Phi) is 8.60. The zero-order valence-electron chi connectivity index (χ0n) is 20.7. The van der Waals surface area contributed by atoms with Crippen LogP contribution in [-0.2, 0) is 6.42 Å². The van der Waals surface area contributed by atoms with Crippen LogP contribution in [0.15, 0.2) is 30.3 Å². The summed E-state index contributed by atoms with van der Waals surface area (Å²) in [5, 5.41) is 0. The molecule has 0 aromatic heterocycles. The van der Waals surface area contributed by atoms with Crippen LogP contribution in [0.2, 0.25) is 0 Å². The molecule has 0 amide bonds. The van der Waals surface area contributed by atoms with Crippen molar-refractivity contribution in [2.45, 2.75) is 96.3 Å². The molecule has 34 heavy (non-hydrogen) atoms. The van der Waals surface area contributed by atoms with Crippen LogP contribution in [0, 0.1) is 29.3 Å². The first kappa shape index (κ1) is 25.1. The molecule has 0 bridgehead atoms. The van der Waals surface area contributed by atoms with Crippen LogP contribution in [0.25, 0.3) is 0 Å². The van der Waals surface area contributed by atoms with Gasteiger partial charge in [-0.3, -0.25) is 0 Å². The predicted octanol–water partition coefficient (Wildman–Crippen LogP) is 9.09. The summed E-state index contributed by atoms with van der Waals surface area (Å²) in [5.41, 5.74) is 2.06. The van der Waals surface area contributed by atoms with Gasteiger partial charge in [0.2, 0.25) is 0 Å². The highest BCUT2D eigenvalue weighted by Crippen LogP contribution is 2.42. The highest BCUT2D eigenvalue weighted by molar-refractivity contribution is 5.32. The molecular weight excluding hydrogens is 433 g/mol. The molecular formula is C30H39F3O. The highest BCUT2D eigenvalue weighted by atomic mass is 19.2. The summed E-state index contributed by atoms with van der Waals surface area (Å²) in [6, 6.07) is 8.83. The zero-order valence-corrected chi connectivity index (χ0v) is 20.7. The first-order valence-electron chi connectivity index (χ1n) is 13.4. The molecule has 0 radical (unpaired) electrons. The Morgan fingerprint density at radius 3 is 1.79 bits per heavy atom. The molecule has 0 heterocycles. The van der Waals surface area contributed by atoms with E-state index in [4.69, 9.17) is 4.74 Å². The van der Waals surface area contributed by atoms with E-state index in [1.54, 1.807) is 6.07 Å². The van der Waals surface area contributed by atoms with Crippen molar-refractivity contribution >= 4 is 0 Å². The van der Waals surface area contributed by atoms with Crippen molar-refractivity contribution in [1.29, 1.82) is 0 Å². The summed E-state index contributed by atoms with van der Waals surface area (Å²) in [6.45, 7) is 4.67.